The number of quaternary nitrogens is 1. The third-order valence-electron chi connectivity index (χ3n) is 2.68. The van der Waals surface area contributed by atoms with Crippen molar-refractivity contribution in [2.45, 2.75) is 0 Å². The maximum Gasteiger partial charge on any atom is 0.275 e. The fourth-order valence-corrected chi connectivity index (χ4v) is 1.80. The Hall–Kier alpha value is -1.55. The number of carbonyl (C=O) groups is 1. The van der Waals surface area contributed by atoms with E-state index in [2.05, 4.69) is 5.32 Å². The first kappa shape index (κ1) is 11.0. The normalized spacial score (nSPS) is 20.2. The van der Waals surface area contributed by atoms with Gasteiger partial charge in [-0.25, -0.2) is 0 Å². The highest BCUT2D eigenvalue weighted by atomic mass is 16.5. The van der Waals surface area contributed by atoms with E-state index in [1.54, 1.807) is 0 Å². The van der Waals surface area contributed by atoms with Crippen LogP contribution < -0.4 is 15.0 Å². The SMILES string of the molecule is O=C1C[NH+](CCOc2ccccc2)CCN1. The van der Waals surface area contributed by atoms with Gasteiger partial charge in [0, 0.05) is 0 Å². The van der Waals surface area contributed by atoms with E-state index in [0.29, 0.717) is 13.2 Å². The smallest absolute Gasteiger partial charge is 0.275 e. The summed E-state index contributed by atoms with van der Waals surface area (Å²) in [5, 5.41) is 2.82. The predicted octanol–water partition coefficient (Wildman–Crippen LogP) is -0.920. The van der Waals surface area contributed by atoms with Crippen molar-refractivity contribution in [2.24, 2.45) is 0 Å². The fraction of sp³-hybridized carbons (Fsp3) is 0.417. The van der Waals surface area contributed by atoms with Crippen molar-refractivity contribution >= 4 is 5.91 Å². The average Bonchev–Trinajstić information content (AvgIpc) is 2.30. The molecule has 0 spiro atoms. The largest absolute Gasteiger partial charge is 0.488 e. The molecular weight excluding hydrogens is 204 g/mol. The lowest BCUT2D eigenvalue weighted by Crippen LogP contribution is -3.15. The number of piperazine rings is 1. The zero-order chi connectivity index (χ0) is 11.2. The molecule has 1 heterocycles. The Balaban J connectivity index is 1.70. The summed E-state index contributed by atoms with van der Waals surface area (Å²) in [6.07, 6.45) is 0. The number of rotatable bonds is 4. The Morgan fingerprint density at radius 2 is 2.12 bits per heavy atom. The second-order valence-electron chi connectivity index (χ2n) is 3.94. The lowest BCUT2D eigenvalue weighted by molar-refractivity contribution is -0.893. The molecule has 1 saturated heterocycles. The zero-order valence-corrected chi connectivity index (χ0v) is 9.24. The Morgan fingerprint density at radius 3 is 2.88 bits per heavy atom. The van der Waals surface area contributed by atoms with Crippen LogP contribution in [0.15, 0.2) is 30.3 Å². The molecule has 0 aromatic heterocycles. The van der Waals surface area contributed by atoms with E-state index in [1.807, 2.05) is 30.3 Å². The van der Waals surface area contributed by atoms with Crippen LogP contribution in [0.4, 0.5) is 0 Å². The van der Waals surface area contributed by atoms with Crippen molar-refractivity contribution in [3.8, 4) is 5.75 Å². The number of amides is 1. The molecular formula is C12H17N2O2+. The lowest BCUT2D eigenvalue weighted by Gasteiger charge is -2.23. The third-order valence-corrected chi connectivity index (χ3v) is 2.68. The van der Waals surface area contributed by atoms with Gasteiger partial charge in [0.15, 0.2) is 6.54 Å². The highest BCUT2D eigenvalue weighted by Crippen LogP contribution is 2.06. The molecule has 4 heteroatoms. The van der Waals surface area contributed by atoms with E-state index in [-0.39, 0.29) is 5.91 Å². The van der Waals surface area contributed by atoms with Crippen LogP contribution in [0.5, 0.6) is 5.75 Å². The molecule has 0 aliphatic carbocycles. The molecule has 2 rings (SSSR count). The molecule has 4 nitrogen and oxygen atoms in total. The first-order valence-corrected chi connectivity index (χ1v) is 5.63. The van der Waals surface area contributed by atoms with Gasteiger partial charge >= 0.3 is 0 Å². The number of para-hydroxylation sites is 1. The highest BCUT2D eigenvalue weighted by Gasteiger charge is 2.18. The number of hydrogen-bond acceptors (Lipinski definition) is 2. The molecule has 1 amide bonds. The van der Waals surface area contributed by atoms with Crippen LogP contribution in [0.1, 0.15) is 0 Å². The molecule has 1 unspecified atom stereocenters. The van der Waals surface area contributed by atoms with Crippen molar-refractivity contribution < 1.29 is 14.4 Å². The zero-order valence-electron chi connectivity index (χ0n) is 9.24. The number of ether oxygens (including phenoxy) is 1. The summed E-state index contributed by atoms with van der Waals surface area (Å²) in [6.45, 7) is 3.87. The molecule has 1 aromatic rings. The minimum atomic E-state index is 0.140. The van der Waals surface area contributed by atoms with Gasteiger partial charge in [0.05, 0.1) is 13.1 Å². The Bertz CT molecular complexity index is 340. The molecule has 1 aromatic carbocycles. The Morgan fingerprint density at radius 1 is 1.31 bits per heavy atom. The average molecular weight is 221 g/mol. The van der Waals surface area contributed by atoms with Crippen LogP contribution in [0, 0.1) is 0 Å². The lowest BCUT2D eigenvalue weighted by atomic mass is 10.3. The summed E-state index contributed by atoms with van der Waals surface area (Å²) in [5.74, 6) is 1.03. The van der Waals surface area contributed by atoms with Crippen LogP contribution >= 0.6 is 0 Å². The first-order valence-electron chi connectivity index (χ1n) is 5.63. The van der Waals surface area contributed by atoms with Gasteiger partial charge in [-0.3, -0.25) is 4.79 Å². The van der Waals surface area contributed by atoms with Crippen molar-refractivity contribution in [3.63, 3.8) is 0 Å². The molecule has 1 fully saturated rings. The summed E-state index contributed by atoms with van der Waals surface area (Å²) >= 11 is 0. The Kier molecular flexibility index (Phi) is 3.77. The monoisotopic (exact) mass is 221 g/mol. The van der Waals surface area contributed by atoms with Gasteiger partial charge in [0.25, 0.3) is 5.91 Å². The van der Waals surface area contributed by atoms with Crippen LogP contribution in [0.3, 0.4) is 0 Å². The van der Waals surface area contributed by atoms with Crippen molar-refractivity contribution in [1.29, 1.82) is 0 Å². The van der Waals surface area contributed by atoms with Crippen LogP contribution in [-0.4, -0.2) is 38.7 Å². The van der Waals surface area contributed by atoms with Crippen LogP contribution in [0.2, 0.25) is 0 Å². The quantitative estimate of drug-likeness (QED) is 0.690. The van der Waals surface area contributed by atoms with Gasteiger partial charge < -0.3 is 15.0 Å². The summed E-state index contributed by atoms with van der Waals surface area (Å²) in [5.41, 5.74) is 0. The van der Waals surface area contributed by atoms with E-state index in [1.165, 1.54) is 4.90 Å². The van der Waals surface area contributed by atoms with Gasteiger partial charge in [-0.15, -0.1) is 0 Å². The molecule has 86 valence electrons. The van der Waals surface area contributed by atoms with E-state index in [9.17, 15) is 4.79 Å². The maximum atomic E-state index is 11.1. The third kappa shape index (κ3) is 3.24. The minimum absolute atomic E-state index is 0.140. The number of hydrogen-bond donors (Lipinski definition) is 2. The standard InChI is InChI=1S/C12H16N2O2/c15-12-10-14(7-6-13-12)8-9-16-11-4-2-1-3-5-11/h1-5H,6-10H2,(H,13,15)/p+1. The second-order valence-corrected chi connectivity index (χ2v) is 3.94. The topological polar surface area (TPSA) is 42.8 Å². The highest BCUT2D eigenvalue weighted by molar-refractivity contribution is 5.77. The summed E-state index contributed by atoms with van der Waals surface area (Å²) in [4.78, 5) is 12.4. The van der Waals surface area contributed by atoms with E-state index >= 15 is 0 Å². The van der Waals surface area contributed by atoms with Gasteiger partial charge in [0.2, 0.25) is 0 Å². The van der Waals surface area contributed by atoms with E-state index < -0.39 is 0 Å². The molecule has 0 saturated carbocycles. The van der Waals surface area contributed by atoms with Crippen LogP contribution in [-0.2, 0) is 4.79 Å². The van der Waals surface area contributed by atoms with Crippen molar-refractivity contribution in [3.05, 3.63) is 30.3 Å². The van der Waals surface area contributed by atoms with E-state index in [0.717, 1.165) is 25.4 Å². The predicted molar refractivity (Wildman–Crippen MR) is 60.5 cm³/mol. The first-order chi connectivity index (χ1) is 7.84. The number of carbonyl (C=O) groups excluding carboxylic acids is 1. The summed E-state index contributed by atoms with van der Waals surface area (Å²) in [7, 11) is 0. The summed E-state index contributed by atoms with van der Waals surface area (Å²) in [6, 6.07) is 9.76. The minimum Gasteiger partial charge on any atom is -0.488 e. The molecule has 16 heavy (non-hydrogen) atoms. The number of nitrogens with one attached hydrogen (secondary N) is 2. The summed E-state index contributed by atoms with van der Waals surface area (Å²) < 4.78 is 5.59. The van der Waals surface area contributed by atoms with Gasteiger partial charge in [-0.05, 0) is 12.1 Å². The second kappa shape index (κ2) is 5.51. The van der Waals surface area contributed by atoms with E-state index in [4.69, 9.17) is 4.74 Å². The fourth-order valence-electron chi connectivity index (χ4n) is 1.80. The molecule has 1 aliphatic heterocycles. The van der Waals surface area contributed by atoms with Crippen molar-refractivity contribution in [2.75, 3.05) is 32.8 Å². The molecule has 2 N–H and O–H groups in total. The number of benzene rings is 1. The van der Waals surface area contributed by atoms with Gasteiger partial charge in [0.1, 0.15) is 18.9 Å². The molecule has 0 radical (unpaired) electrons. The maximum absolute atomic E-state index is 11.1. The van der Waals surface area contributed by atoms with Crippen molar-refractivity contribution in [1.82, 2.24) is 5.32 Å². The van der Waals surface area contributed by atoms with Gasteiger partial charge in [-0.2, -0.15) is 0 Å². The Labute approximate surface area is 95.2 Å². The van der Waals surface area contributed by atoms with Crippen LogP contribution in [0.25, 0.3) is 0 Å². The molecule has 0 bridgehead atoms. The molecule has 1 atom stereocenters. The molecule has 1 aliphatic rings. The van der Waals surface area contributed by atoms with Gasteiger partial charge in [-0.1, -0.05) is 18.2 Å².